The van der Waals surface area contributed by atoms with Gasteiger partial charge in [0.15, 0.2) is 28.8 Å². The molecule has 7 heteroatoms. The number of furan rings is 1. The number of pyridine rings is 1. The van der Waals surface area contributed by atoms with Gasteiger partial charge in [0.2, 0.25) is 5.78 Å². The zero-order valence-corrected chi connectivity index (χ0v) is 20.2. The zero-order valence-electron chi connectivity index (χ0n) is 20.2. The van der Waals surface area contributed by atoms with E-state index in [0.29, 0.717) is 28.7 Å². The number of hydrogen-bond donors (Lipinski definition) is 0. The highest BCUT2D eigenvalue weighted by atomic mass is 16.5. The van der Waals surface area contributed by atoms with E-state index >= 15 is 0 Å². The summed E-state index contributed by atoms with van der Waals surface area (Å²) in [4.78, 5) is 13.6. The number of rotatable bonds is 7. The molecule has 0 atom stereocenters. The van der Waals surface area contributed by atoms with Crippen LogP contribution in [-0.4, -0.2) is 38.6 Å². The Kier molecular flexibility index (Phi) is 5.61. The molecular formula is C28H25NO6. The van der Waals surface area contributed by atoms with E-state index in [9.17, 15) is 4.79 Å². The first-order valence-corrected chi connectivity index (χ1v) is 11.0. The number of hydrogen-bond acceptors (Lipinski definition) is 6. The van der Waals surface area contributed by atoms with E-state index in [1.165, 1.54) is 6.26 Å². The molecule has 0 aliphatic heterocycles. The number of carbonyl (C=O) groups excluding carboxylic acids is 1. The summed E-state index contributed by atoms with van der Waals surface area (Å²) < 4.78 is 29.5. The van der Waals surface area contributed by atoms with Gasteiger partial charge in [-0.1, -0.05) is 6.07 Å². The van der Waals surface area contributed by atoms with Gasteiger partial charge in [-0.15, -0.1) is 0 Å². The maximum absolute atomic E-state index is 13.6. The molecule has 0 aliphatic rings. The lowest BCUT2D eigenvalue weighted by Gasteiger charge is -2.13. The van der Waals surface area contributed by atoms with E-state index in [-0.39, 0.29) is 11.5 Å². The van der Waals surface area contributed by atoms with Gasteiger partial charge in [0.05, 0.1) is 40.2 Å². The maximum atomic E-state index is 13.6. The highest BCUT2D eigenvalue weighted by molar-refractivity contribution is 6.14. The van der Waals surface area contributed by atoms with Crippen molar-refractivity contribution in [1.82, 2.24) is 4.40 Å². The number of nitrogens with zero attached hydrogens (tertiary/aromatic N) is 1. The second-order valence-corrected chi connectivity index (χ2v) is 8.05. The van der Waals surface area contributed by atoms with Crippen LogP contribution in [-0.2, 0) is 0 Å². The summed E-state index contributed by atoms with van der Waals surface area (Å²) in [6, 6.07) is 15.0. The molecular weight excluding hydrogens is 446 g/mol. The summed E-state index contributed by atoms with van der Waals surface area (Å²) in [5.74, 6) is 2.53. The third-order valence-corrected chi connectivity index (χ3v) is 6.30. The molecule has 3 aromatic heterocycles. The number of ketones is 1. The van der Waals surface area contributed by atoms with Crippen molar-refractivity contribution in [2.45, 2.75) is 6.92 Å². The molecule has 5 aromatic rings. The number of methoxy groups -OCH3 is 4. The van der Waals surface area contributed by atoms with Gasteiger partial charge in [0.25, 0.3) is 0 Å². The Morgan fingerprint density at radius 1 is 0.829 bits per heavy atom. The van der Waals surface area contributed by atoms with Crippen LogP contribution in [0, 0.1) is 6.92 Å². The number of benzene rings is 2. The molecule has 0 spiro atoms. The molecule has 5 rings (SSSR count). The molecule has 0 radical (unpaired) electrons. The second kappa shape index (κ2) is 8.76. The van der Waals surface area contributed by atoms with Crippen LogP contribution in [0.1, 0.15) is 21.8 Å². The highest BCUT2D eigenvalue weighted by Gasteiger charge is 2.26. The molecule has 3 heterocycles. The summed E-state index contributed by atoms with van der Waals surface area (Å²) in [6.45, 7) is 1.95. The number of aromatic nitrogens is 1. The topological polar surface area (TPSA) is 71.5 Å². The summed E-state index contributed by atoms with van der Waals surface area (Å²) in [5, 5.41) is 1.86. The van der Waals surface area contributed by atoms with E-state index < -0.39 is 0 Å². The van der Waals surface area contributed by atoms with Crippen molar-refractivity contribution in [3.8, 4) is 34.1 Å². The predicted octanol–water partition coefficient (Wildman–Crippen LogP) is 5.93. The fourth-order valence-corrected chi connectivity index (χ4v) is 4.66. The van der Waals surface area contributed by atoms with Crippen LogP contribution in [0.4, 0.5) is 0 Å². The Balaban J connectivity index is 1.91. The van der Waals surface area contributed by atoms with Gasteiger partial charge in [-0.25, -0.2) is 0 Å². The van der Waals surface area contributed by atoms with Gasteiger partial charge in [-0.3, -0.25) is 4.79 Å². The monoisotopic (exact) mass is 471 g/mol. The maximum Gasteiger partial charge on any atom is 0.245 e. The van der Waals surface area contributed by atoms with Gasteiger partial charge >= 0.3 is 0 Å². The van der Waals surface area contributed by atoms with Gasteiger partial charge < -0.3 is 27.8 Å². The van der Waals surface area contributed by atoms with E-state index in [1.54, 1.807) is 40.6 Å². The molecule has 0 amide bonds. The minimum Gasteiger partial charge on any atom is -0.493 e. The molecule has 0 unspecified atom stereocenters. The second-order valence-electron chi connectivity index (χ2n) is 8.05. The predicted molar refractivity (Wildman–Crippen MR) is 133 cm³/mol. The van der Waals surface area contributed by atoms with Crippen molar-refractivity contribution in [2.24, 2.45) is 0 Å². The normalized spacial score (nSPS) is 11.1. The molecule has 0 fully saturated rings. The zero-order chi connectivity index (χ0) is 24.7. The van der Waals surface area contributed by atoms with Crippen molar-refractivity contribution in [2.75, 3.05) is 28.4 Å². The lowest BCUT2D eigenvalue weighted by molar-refractivity contribution is 0.100. The van der Waals surface area contributed by atoms with Crippen LogP contribution >= 0.6 is 0 Å². The molecule has 0 aliphatic carbocycles. The fraction of sp³-hybridized carbons (Fsp3) is 0.179. The Bertz CT molecular complexity index is 1560. The van der Waals surface area contributed by atoms with Crippen LogP contribution in [0.15, 0.2) is 65.4 Å². The third kappa shape index (κ3) is 3.47. The Labute approximate surface area is 202 Å². The van der Waals surface area contributed by atoms with E-state index in [1.807, 2.05) is 53.9 Å². The first kappa shape index (κ1) is 22.4. The number of ether oxygens (including phenoxy) is 4. The SMILES string of the molecule is COc1ccc(-c2c(C)c(C(=O)c3ccco3)n3ccc4cc(OC)c(OC)cc4c23)cc1OC. The first-order chi connectivity index (χ1) is 17.0. The molecule has 0 saturated carbocycles. The fourth-order valence-electron chi connectivity index (χ4n) is 4.66. The molecule has 7 nitrogen and oxygen atoms in total. The van der Waals surface area contributed by atoms with Crippen LogP contribution in [0.3, 0.4) is 0 Å². The summed E-state index contributed by atoms with van der Waals surface area (Å²) in [5.41, 5.74) is 4.00. The quantitative estimate of drug-likeness (QED) is 0.274. The summed E-state index contributed by atoms with van der Waals surface area (Å²) in [6.07, 6.45) is 3.40. The lowest BCUT2D eigenvalue weighted by atomic mass is 9.98. The minimum absolute atomic E-state index is 0.200. The van der Waals surface area contributed by atoms with Crippen molar-refractivity contribution in [3.05, 3.63) is 78.0 Å². The molecule has 178 valence electrons. The average Bonchev–Trinajstić information content (AvgIpc) is 3.53. The van der Waals surface area contributed by atoms with Gasteiger partial charge in [-0.05, 0) is 65.9 Å². The van der Waals surface area contributed by atoms with Crippen LogP contribution in [0.5, 0.6) is 23.0 Å². The smallest absolute Gasteiger partial charge is 0.245 e. The Morgan fingerprint density at radius 3 is 2.17 bits per heavy atom. The molecule has 0 saturated heterocycles. The van der Waals surface area contributed by atoms with Crippen molar-refractivity contribution < 1.29 is 28.2 Å². The van der Waals surface area contributed by atoms with Crippen molar-refractivity contribution in [3.63, 3.8) is 0 Å². The van der Waals surface area contributed by atoms with Gasteiger partial charge in [0.1, 0.15) is 5.69 Å². The number of carbonyl (C=O) groups is 1. The molecule has 0 N–H and O–H groups in total. The third-order valence-electron chi connectivity index (χ3n) is 6.30. The van der Waals surface area contributed by atoms with Crippen molar-refractivity contribution >= 4 is 22.1 Å². The van der Waals surface area contributed by atoms with E-state index in [4.69, 9.17) is 23.4 Å². The average molecular weight is 472 g/mol. The lowest BCUT2D eigenvalue weighted by Crippen LogP contribution is -2.06. The van der Waals surface area contributed by atoms with E-state index in [0.717, 1.165) is 33.0 Å². The van der Waals surface area contributed by atoms with Gasteiger partial charge in [-0.2, -0.15) is 0 Å². The minimum atomic E-state index is -0.200. The Hall–Kier alpha value is -4.39. The molecule has 2 aromatic carbocycles. The first-order valence-electron chi connectivity index (χ1n) is 11.0. The van der Waals surface area contributed by atoms with Crippen LogP contribution in [0.25, 0.3) is 27.4 Å². The van der Waals surface area contributed by atoms with Crippen molar-refractivity contribution in [1.29, 1.82) is 0 Å². The van der Waals surface area contributed by atoms with Gasteiger partial charge in [0, 0.05) is 17.1 Å². The number of fused-ring (bicyclic) bond motifs is 3. The molecule has 0 bridgehead atoms. The summed E-state index contributed by atoms with van der Waals surface area (Å²) >= 11 is 0. The Morgan fingerprint density at radius 2 is 1.51 bits per heavy atom. The largest absolute Gasteiger partial charge is 0.493 e. The van der Waals surface area contributed by atoms with E-state index in [2.05, 4.69) is 0 Å². The van der Waals surface area contributed by atoms with Crippen LogP contribution in [0.2, 0.25) is 0 Å². The molecule has 35 heavy (non-hydrogen) atoms. The van der Waals surface area contributed by atoms with Crippen LogP contribution < -0.4 is 18.9 Å². The standard InChI is InChI=1S/C28H25NO6/c1-16-25(18-8-9-20(31-2)22(14-18)32-3)27-19-15-24(34-5)23(33-4)13-17(19)10-11-29(27)26(16)28(30)21-7-6-12-35-21/h6-15H,1-5H3. The highest BCUT2D eigenvalue weighted by Crippen LogP contribution is 2.43. The summed E-state index contributed by atoms with van der Waals surface area (Å²) in [7, 11) is 6.42.